The van der Waals surface area contributed by atoms with E-state index in [1.165, 1.54) is 24.8 Å². The van der Waals surface area contributed by atoms with E-state index in [4.69, 9.17) is 10.5 Å². The minimum atomic E-state index is -0.458. The van der Waals surface area contributed by atoms with Crippen LogP contribution in [-0.2, 0) is 11.3 Å². The Kier molecular flexibility index (Phi) is 5.73. The summed E-state index contributed by atoms with van der Waals surface area (Å²) in [4.78, 5) is 10.6. The third kappa shape index (κ3) is 4.42. The lowest BCUT2D eigenvalue weighted by molar-refractivity contribution is -0.119. The molecule has 1 saturated carbocycles. The summed E-state index contributed by atoms with van der Waals surface area (Å²) in [5.74, 6) is 0.218. The van der Waals surface area contributed by atoms with E-state index in [1.807, 2.05) is 36.0 Å². The van der Waals surface area contributed by atoms with Gasteiger partial charge in [0.2, 0.25) is 0 Å². The number of nitrogens with two attached hydrogens (primary N) is 1. The number of carbonyl (C=O) groups is 1. The van der Waals surface area contributed by atoms with Crippen LogP contribution < -0.4 is 15.8 Å². The maximum absolute atomic E-state index is 10.6. The van der Waals surface area contributed by atoms with E-state index < -0.39 is 5.91 Å². The Morgan fingerprint density at radius 2 is 2.15 bits per heavy atom. The van der Waals surface area contributed by atoms with Crippen molar-refractivity contribution in [2.45, 2.75) is 37.1 Å². The molecule has 2 rings (SSSR count). The predicted octanol–water partition coefficient (Wildman–Crippen LogP) is 1.92. The Bertz CT molecular complexity index is 436. The van der Waals surface area contributed by atoms with Crippen LogP contribution in [0.1, 0.15) is 24.8 Å². The van der Waals surface area contributed by atoms with Crippen LogP contribution in [0.4, 0.5) is 0 Å². The summed E-state index contributed by atoms with van der Waals surface area (Å²) < 4.78 is 5.24. The minimum absolute atomic E-state index is 0.0743. The molecule has 1 amide bonds. The molecule has 0 aromatic heterocycles. The van der Waals surface area contributed by atoms with Crippen LogP contribution in [-0.4, -0.2) is 30.1 Å². The molecular weight excluding hydrogens is 272 g/mol. The molecule has 1 aromatic rings. The SMILES string of the molecule is CSC1CCCC1NCc1ccc(OCC(N)=O)cc1. The normalized spacial score (nSPS) is 21.9. The summed E-state index contributed by atoms with van der Waals surface area (Å²) in [6, 6.07) is 8.41. The second kappa shape index (κ2) is 7.55. The summed E-state index contributed by atoms with van der Waals surface area (Å²) >= 11 is 1.96. The fraction of sp³-hybridized carbons (Fsp3) is 0.533. The summed E-state index contributed by atoms with van der Waals surface area (Å²) in [7, 11) is 0. The van der Waals surface area contributed by atoms with Gasteiger partial charge < -0.3 is 15.8 Å². The Morgan fingerprint density at radius 3 is 2.80 bits per heavy atom. The largest absolute Gasteiger partial charge is 0.484 e. The Balaban J connectivity index is 1.80. The van der Waals surface area contributed by atoms with Crippen molar-refractivity contribution in [1.29, 1.82) is 0 Å². The molecule has 2 atom stereocenters. The zero-order valence-corrected chi connectivity index (χ0v) is 12.6. The van der Waals surface area contributed by atoms with Gasteiger partial charge in [0.05, 0.1) is 0 Å². The molecule has 0 bridgehead atoms. The summed E-state index contributed by atoms with van der Waals surface area (Å²) in [5.41, 5.74) is 6.26. The smallest absolute Gasteiger partial charge is 0.255 e. The second-order valence-corrected chi connectivity index (χ2v) is 6.17. The number of hydrogen-bond acceptors (Lipinski definition) is 4. The van der Waals surface area contributed by atoms with Gasteiger partial charge in [-0.25, -0.2) is 0 Å². The molecule has 0 aliphatic heterocycles. The monoisotopic (exact) mass is 294 g/mol. The van der Waals surface area contributed by atoms with Crippen molar-refractivity contribution in [2.24, 2.45) is 5.73 Å². The lowest BCUT2D eigenvalue weighted by Crippen LogP contribution is -2.33. The second-order valence-electron chi connectivity index (χ2n) is 5.09. The molecule has 1 aliphatic carbocycles. The maximum atomic E-state index is 10.6. The lowest BCUT2D eigenvalue weighted by Gasteiger charge is -2.19. The summed E-state index contributed by atoms with van der Waals surface area (Å²) in [5, 5.41) is 4.38. The summed E-state index contributed by atoms with van der Waals surface area (Å²) in [6.07, 6.45) is 6.10. The van der Waals surface area contributed by atoms with Gasteiger partial charge in [0.15, 0.2) is 6.61 Å². The van der Waals surface area contributed by atoms with Gasteiger partial charge >= 0.3 is 0 Å². The van der Waals surface area contributed by atoms with Crippen LogP contribution in [0.15, 0.2) is 24.3 Å². The van der Waals surface area contributed by atoms with Gasteiger partial charge in [-0.05, 0) is 36.8 Å². The van der Waals surface area contributed by atoms with E-state index in [2.05, 4.69) is 11.6 Å². The van der Waals surface area contributed by atoms with Crippen LogP contribution in [0.3, 0.4) is 0 Å². The van der Waals surface area contributed by atoms with Crippen molar-refractivity contribution in [3.8, 4) is 5.75 Å². The molecule has 1 aliphatic rings. The molecule has 1 aromatic carbocycles. The van der Waals surface area contributed by atoms with E-state index in [0.29, 0.717) is 11.8 Å². The molecule has 1 fully saturated rings. The molecule has 20 heavy (non-hydrogen) atoms. The first-order valence-electron chi connectivity index (χ1n) is 6.95. The standard InChI is InChI=1S/C15H22N2O2S/c1-20-14-4-2-3-13(14)17-9-11-5-7-12(8-6-11)19-10-15(16)18/h5-8,13-14,17H,2-4,9-10H2,1H3,(H2,16,18). The van der Waals surface area contributed by atoms with Gasteiger partial charge in [-0.1, -0.05) is 18.6 Å². The molecule has 3 N–H and O–H groups in total. The highest BCUT2D eigenvalue weighted by atomic mass is 32.2. The summed E-state index contributed by atoms with van der Waals surface area (Å²) in [6.45, 7) is 0.799. The van der Waals surface area contributed by atoms with Gasteiger partial charge in [0.1, 0.15) is 5.75 Å². The van der Waals surface area contributed by atoms with Gasteiger partial charge in [-0.2, -0.15) is 11.8 Å². The van der Waals surface area contributed by atoms with Crippen LogP contribution in [0.5, 0.6) is 5.75 Å². The Morgan fingerprint density at radius 1 is 1.40 bits per heavy atom. The van der Waals surface area contributed by atoms with Crippen LogP contribution in [0, 0.1) is 0 Å². The fourth-order valence-electron chi connectivity index (χ4n) is 2.55. The minimum Gasteiger partial charge on any atom is -0.484 e. The number of nitrogens with one attached hydrogen (secondary N) is 1. The van der Waals surface area contributed by atoms with Gasteiger partial charge in [-0.3, -0.25) is 4.79 Å². The Hall–Kier alpha value is -1.20. The highest BCUT2D eigenvalue weighted by molar-refractivity contribution is 7.99. The quantitative estimate of drug-likeness (QED) is 0.806. The Labute approximate surface area is 124 Å². The highest BCUT2D eigenvalue weighted by Gasteiger charge is 2.25. The molecule has 0 radical (unpaired) electrons. The number of hydrogen-bond donors (Lipinski definition) is 2. The first-order valence-corrected chi connectivity index (χ1v) is 8.24. The molecule has 0 saturated heterocycles. The molecule has 2 unspecified atom stereocenters. The van der Waals surface area contributed by atoms with Crippen LogP contribution in [0.25, 0.3) is 0 Å². The van der Waals surface area contributed by atoms with E-state index in [0.717, 1.165) is 11.8 Å². The van der Waals surface area contributed by atoms with Crippen molar-refractivity contribution >= 4 is 17.7 Å². The van der Waals surface area contributed by atoms with Crippen molar-refractivity contribution in [1.82, 2.24) is 5.32 Å². The average molecular weight is 294 g/mol. The number of carbonyl (C=O) groups excluding carboxylic acids is 1. The van der Waals surface area contributed by atoms with Crippen LogP contribution >= 0.6 is 11.8 Å². The van der Waals surface area contributed by atoms with E-state index in [-0.39, 0.29) is 6.61 Å². The van der Waals surface area contributed by atoms with Gasteiger partial charge in [0, 0.05) is 17.8 Å². The zero-order valence-electron chi connectivity index (χ0n) is 11.8. The molecule has 110 valence electrons. The third-order valence-corrected chi connectivity index (χ3v) is 4.80. The van der Waals surface area contributed by atoms with Crippen molar-refractivity contribution in [2.75, 3.05) is 12.9 Å². The predicted molar refractivity (Wildman–Crippen MR) is 82.9 cm³/mol. The fourth-order valence-corrected chi connectivity index (χ4v) is 3.51. The molecular formula is C15H22N2O2S. The van der Waals surface area contributed by atoms with E-state index in [1.54, 1.807) is 0 Å². The number of rotatable bonds is 7. The van der Waals surface area contributed by atoms with E-state index in [9.17, 15) is 4.79 Å². The average Bonchev–Trinajstić information content (AvgIpc) is 2.91. The zero-order chi connectivity index (χ0) is 14.4. The number of thioether (sulfide) groups is 1. The van der Waals surface area contributed by atoms with Gasteiger partial charge in [0.25, 0.3) is 5.91 Å². The lowest BCUT2D eigenvalue weighted by atomic mass is 10.2. The number of primary amides is 1. The van der Waals surface area contributed by atoms with Crippen molar-refractivity contribution < 1.29 is 9.53 Å². The highest BCUT2D eigenvalue weighted by Crippen LogP contribution is 2.28. The molecule has 5 heteroatoms. The third-order valence-electron chi connectivity index (χ3n) is 3.63. The van der Waals surface area contributed by atoms with Crippen molar-refractivity contribution in [3.05, 3.63) is 29.8 Å². The van der Waals surface area contributed by atoms with Crippen LogP contribution in [0.2, 0.25) is 0 Å². The first-order chi connectivity index (χ1) is 9.69. The number of benzene rings is 1. The number of amides is 1. The molecule has 0 spiro atoms. The van der Waals surface area contributed by atoms with Crippen molar-refractivity contribution in [3.63, 3.8) is 0 Å². The first kappa shape index (κ1) is 15.2. The maximum Gasteiger partial charge on any atom is 0.255 e. The topological polar surface area (TPSA) is 64.3 Å². The molecule has 0 heterocycles. The number of ether oxygens (including phenoxy) is 1. The molecule has 4 nitrogen and oxygen atoms in total. The van der Waals surface area contributed by atoms with Gasteiger partial charge in [-0.15, -0.1) is 0 Å². The van der Waals surface area contributed by atoms with E-state index >= 15 is 0 Å².